The number of hydrogen-bond acceptors (Lipinski definition) is 2. The average molecular weight is 261 g/mol. The first-order valence-corrected chi connectivity index (χ1v) is 7.49. The second kappa shape index (κ2) is 6.42. The van der Waals surface area contributed by atoms with Gasteiger partial charge in [0, 0.05) is 6.04 Å². The highest BCUT2D eigenvalue weighted by Crippen LogP contribution is 2.36. The summed E-state index contributed by atoms with van der Waals surface area (Å²) in [6.07, 6.45) is 4.77. The van der Waals surface area contributed by atoms with Crippen molar-refractivity contribution >= 4 is 0 Å². The van der Waals surface area contributed by atoms with Crippen LogP contribution in [0.25, 0.3) is 0 Å². The first-order chi connectivity index (χ1) is 9.11. The van der Waals surface area contributed by atoms with Crippen LogP contribution in [0, 0.1) is 17.8 Å². The Morgan fingerprint density at radius 3 is 2.68 bits per heavy atom. The van der Waals surface area contributed by atoms with Gasteiger partial charge in [0.05, 0.1) is 7.11 Å². The van der Waals surface area contributed by atoms with E-state index in [2.05, 4.69) is 26.0 Å². The van der Waals surface area contributed by atoms with E-state index in [4.69, 9.17) is 10.5 Å². The average Bonchev–Trinajstić information content (AvgIpc) is 2.41. The van der Waals surface area contributed by atoms with Crippen molar-refractivity contribution in [3.05, 3.63) is 29.8 Å². The molecule has 1 aliphatic rings. The molecule has 0 aliphatic heterocycles. The summed E-state index contributed by atoms with van der Waals surface area (Å²) < 4.78 is 5.46. The zero-order valence-electron chi connectivity index (χ0n) is 12.4. The fraction of sp³-hybridized carbons (Fsp3) is 0.647. The maximum absolute atomic E-state index is 6.34. The number of rotatable bonds is 4. The molecular weight excluding hydrogens is 234 g/mol. The molecule has 0 aromatic heterocycles. The predicted octanol–water partition coefficient (Wildman–Crippen LogP) is 3.64. The zero-order valence-corrected chi connectivity index (χ0v) is 12.4. The first kappa shape index (κ1) is 14.4. The Labute approximate surface area is 117 Å². The number of methoxy groups -OCH3 is 1. The van der Waals surface area contributed by atoms with Crippen LogP contribution >= 0.6 is 0 Å². The van der Waals surface area contributed by atoms with Gasteiger partial charge in [-0.3, -0.25) is 0 Å². The second-order valence-corrected chi connectivity index (χ2v) is 6.26. The number of nitrogens with two attached hydrogens (primary N) is 1. The molecule has 2 nitrogen and oxygen atoms in total. The Kier molecular flexibility index (Phi) is 4.87. The van der Waals surface area contributed by atoms with Gasteiger partial charge in [0.1, 0.15) is 5.75 Å². The largest absolute Gasteiger partial charge is 0.496 e. The van der Waals surface area contributed by atoms with Gasteiger partial charge < -0.3 is 10.5 Å². The monoisotopic (exact) mass is 261 g/mol. The van der Waals surface area contributed by atoms with Crippen LogP contribution in [-0.2, 0) is 6.42 Å². The van der Waals surface area contributed by atoms with Gasteiger partial charge in [-0.15, -0.1) is 0 Å². The molecule has 0 saturated heterocycles. The van der Waals surface area contributed by atoms with Crippen molar-refractivity contribution in [3.8, 4) is 5.75 Å². The molecule has 106 valence electrons. The van der Waals surface area contributed by atoms with Crippen LogP contribution in [-0.4, -0.2) is 13.2 Å². The van der Waals surface area contributed by atoms with Crippen LogP contribution in [0.4, 0.5) is 0 Å². The van der Waals surface area contributed by atoms with Crippen molar-refractivity contribution < 1.29 is 4.74 Å². The lowest BCUT2D eigenvalue weighted by molar-refractivity contribution is 0.188. The first-order valence-electron chi connectivity index (χ1n) is 7.49. The van der Waals surface area contributed by atoms with Crippen molar-refractivity contribution in [2.75, 3.05) is 7.11 Å². The third-order valence-electron chi connectivity index (χ3n) is 4.70. The maximum atomic E-state index is 6.34. The molecule has 2 heteroatoms. The zero-order chi connectivity index (χ0) is 13.8. The molecule has 3 unspecified atom stereocenters. The maximum Gasteiger partial charge on any atom is 0.122 e. The molecule has 0 bridgehead atoms. The number of hydrogen-bond donors (Lipinski definition) is 1. The third-order valence-corrected chi connectivity index (χ3v) is 4.70. The van der Waals surface area contributed by atoms with Crippen LogP contribution in [0.15, 0.2) is 24.3 Å². The minimum absolute atomic E-state index is 0.347. The smallest absolute Gasteiger partial charge is 0.122 e. The molecule has 1 aromatic carbocycles. The minimum Gasteiger partial charge on any atom is -0.496 e. The number of para-hydroxylation sites is 1. The highest BCUT2D eigenvalue weighted by atomic mass is 16.5. The lowest BCUT2D eigenvalue weighted by Crippen LogP contribution is -2.38. The van der Waals surface area contributed by atoms with E-state index in [1.54, 1.807) is 7.11 Å². The molecular formula is C17H27NO. The quantitative estimate of drug-likeness (QED) is 0.898. The van der Waals surface area contributed by atoms with Gasteiger partial charge >= 0.3 is 0 Å². The molecule has 19 heavy (non-hydrogen) atoms. The van der Waals surface area contributed by atoms with Gasteiger partial charge in [-0.05, 0) is 55.1 Å². The molecule has 3 atom stereocenters. The number of ether oxygens (including phenoxy) is 1. The van der Waals surface area contributed by atoms with Crippen LogP contribution in [0.3, 0.4) is 0 Å². The molecule has 2 N–H and O–H groups in total. The van der Waals surface area contributed by atoms with E-state index in [1.165, 1.54) is 24.8 Å². The van der Waals surface area contributed by atoms with Gasteiger partial charge in [-0.1, -0.05) is 32.0 Å². The van der Waals surface area contributed by atoms with E-state index in [0.29, 0.717) is 12.0 Å². The van der Waals surface area contributed by atoms with Crippen molar-refractivity contribution in [1.29, 1.82) is 0 Å². The molecule has 0 heterocycles. The van der Waals surface area contributed by atoms with E-state index in [1.807, 2.05) is 12.1 Å². The Bertz CT molecular complexity index is 402. The van der Waals surface area contributed by atoms with E-state index < -0.39 is 0 Å². The fourth-order valence-electron chi connectivity index (χ4n) is 3.32. The summed E-state index contributed by atoms with van der Waals surface area (Å²) >= 11 is 0. The Balaban J connectivity index is 2.07. The molecule has 1 aromatic rings. The van der Waals surface area contributed by atoms with E-state index >= 15 is 0 Å². The number of benzene rings is 1. The lowest BCUT2D eigenvalue weighted by Gasteiger charge is -2.36. The molecule has 0 amide bonds. The summed E-state index contributed by atoms with van der Waals surface area (Å²) in [5, 5.41) is 0. The van der Waals surface area contributed by atoms with Crippen LogP contribution in [0.2, 0.25) is 0 Å². The van der Waals surface area contributed by atoms with Crippen LogP contribution in [0.1, 0.15) is 38.7 Å². The second-order valence-electron chi connectivity index (χ2n) is 6.26. The Morgan fingerprint density at radius 1 is 1.26 bits per heavy atom. The third kappa shape index (κ3) is 3.50. The normalized spacial score (nSPS) is 27.5. The van der Waals surface area contributed by atoms with Gasteiger partial charge in [0.15, 0.2) is 0 Å². The van der Waals surface area contributed by atoms with Crippen LogP contribution in [0.5, 0.6) is 5.75 Å². The highest BCUT2D eigenvalue weighted by molar-refractivity contribution is 5.33. The molecule has 1 fully saturated rings. The van der Waals surface area contributed by atoms with Gasteiger partial charge in [-0.2, -0.15) is 0 Å². The Morgan fingerprint density at radius 2 is 2.00 bits per heavy atom. The van der Waals surface area contributed by atoms with Crippen molar-refractivity contribution in [2.24, 2.45) is 23.5 Å². The minimum atomic E-state index is 0.347. The van der Waals surface area contributed by atoms with Crippen LogP contribution < -0.4 is 10.5 Å². The molecule has 0 spiro atoms. The SMILES string of the molecule is COc1ccccc1CC1CC(C(C)C)CCC1N. The summed E-state index contributed by atoms with van der Waals surface area (Å²) in [4.78, 5) is 0. The van der Waals surface area contributed by atoms with Gasteiger partial charge in [-0.25, -0.2) is 0 Å². The lowest BCUT2D eigenvalue weighted by atomic mass is 9.72. The topological polar surface area (TPSA) is 35.2 Å². The predicted molar refractivity (Wildman–Crippen MR) is 80.3 cm³/mol. The summed E-state index contributed by atoms with van der Waals surface area (Å²) in [6, 6.07) is 8.68. The summed E-state index contributed by atoms with van der Waals surface area (Å²) in [6.45, 7) is 4.67. The van der Waals surface area contributed by atoms with E-state index in [-0.39, 0.29) is 0 Å². The Hall–Kier alpha value is -1.02. The van der Waals surface area contributed by atoms with Gasteiger partial charge in [0.2, 0.25) is 0 Å². The summed E-state index contributed by atoms with van der Waals surface area (Å²) in [7, 11) is 1.75. The molecule has 1 aliphatic carbocycles. The molecule has 2 rings (SSSR count). The van der Waals surface area contributed by atoms with E-state index in [9.17, 15) is 0 Å². The summed E-state index contributed by atoms with van der Waals surface area (Å²) in [5.74, 6) is 3.20. The molecule has 0 radical (unpaired) electrons. The van der Waals surface area contributed by atoms with Crippen molar-refractivity contribution in [3.63, 3.8) is 0 Å². The van der Waals surface area contributed by atoms with Crippen molar-refractivity contribution in [1.82, 2.24) is 0 Å². The van der Waals surface area contributed by atoms with Gasteiger partial charge in [0.25, 0.3) is 0 Å². The van der Waals surface area contributed by atoms with Crippen molar-refractivity contribution in [2.45, 2.75) is 45.6 Å². The highest BCUT2D eigenvalue weighted by Gasteiger charge is 2.30. The molecule has 1 saturated carbocycles. The van der Waals surface area contributed by atoms with E-state index in [0.717, 1.165) is 24.0 Å². The standard InChI is InChI=1S/C17H27NO/c1-12(2)13-8-9-16(18)15(10-13)11-14-6-4-5-7-17(14)19-3/h4-7,12-13,15-16H,8-11,18H2,1-3H3. The fourth-order valence-corrected chi connectivity index (χ4v) is 3.32. The summed E-state index contributed by atoms with van der Waals surface area (Å²) in [5.41, 5.74) is 7.64.